The number of nitrogens with two attached hydrogens (primary N) is 1. The molecular formula is C12H15N3OS. The number of hydrogen-bond donors (Lipinski definition) is 3. The Morgan fingerprint density at radius 2 is 2.18 bits per heavy atom. The van der Waals surface area contributed by atoms with Crippen molar-refractivity contribution >= 4 is 22.2 Å². The van der Waals surface area contributed by atoms with Crippen molar-refractivity contribution < 1.29 is 5.11 Å². The number of nitrogens with zero attached hydrogens (tertiary/aromatic N) is 1. The summed E-state index contributed by atoms with van der Waals surface area (Å²) in [6.45, 7) is 4.54. The molecule has 0 radical (unpaired) electrons. The van der Waals surface area contributed by atoms with E-state index in [1.807, 2.05) is 13.8 Å². The lowest BCUT2D eigenvalue weighted by molar-refractivity contribution is 0.469. The first-order chi connectivity index (χ1) is 8.06. The number of phenolic OH excluding ortho intramolecular Hbond substituents is 1. The van der Waals surface area contributed by atoms with Crippen LogP contribution in [-0.4, -0.2) is 10.1 Å². The number of hydrogen-bond acceptors (Lipinski definition) is 5. The highest BCUT2D eigenvalue weighted by Crippen LogP contribution is 2.24. The minimum absolute atomic E-state index is 0.247. The smallest absolute Gasteiger partial charge is 0.183 e. The summed E-state index contributed by atoms with van der Waals surface area (Å²) in [5, 5.41) is 13.7. The van der Waals surface area contributed by atoms with E-state index in [1.165, 1.54) is 4.88 Å². The predicted octanol–water partition coefficient (Wildman–Crippen LogP) is 2.66. The molecule has 2 rings (SSSR count). The maximum absolute atomic E-state index is 9.66. The Balaban J connectivity index is 2.09. The molecule has 0 aliphatic rings. The lowest BCUT2D eigenvalue weighted by Crippen LogP contribution is -2.00. The predicted molar refractivity (Wildman–Crippen MR) is 71.4 cm³/mol. The molecule has 5 heteroatoms. The zero-order valence-electron chi connectivity index (χ0n) is 9.82. The number of aryl methyl sites for hydroxylation is 2. The number of aromatic nitrogens is 1. The van der Waals surface area contributed by atoms with Crippen LogP contribution in [0.3, 0.4) is 0 Å². The summed E-state index contributed by atoms with van der Waals surface area (Å²) >= 11 is 1.61. The Bertz CT molecular complexity index is 517. The first-order valence-corrected chi connectivity index (χ1v) is 6.13. The van der Waals surface area contributed by atoms with Crippen LogP contribution in [0.15, 0.2) is 18.2 Å². The van der Waals surface area contributed by atoms with Crippen LogP contribution >= 0.6 is 11.3 Å². The van der Waals surface area contributed by atoms with Gasteiger partial charge in [0.05, 0.1) is 5.69 Å². The third-order valence-electron chi connectivity index (χ3n) is 2.56. The molecule has 17 heavy (non-hydrogen) atoms. The van der Waals surface area contributed by atoms with E-state index in [2.05, 4.69) is 10.3 Å². The summed E-state index contributed by atoms with van der Waals surface area (Å²) in [5.41, 5.74) is 8.13. The van der Waals surface area contributed by atoms with Gasteiger partial charge < -0.3 is 16.2 Å². The number of phenols is 1. The SMILES string of the molecule is Cc1nc(NCc2cc(N)ccc2O)sc1C. The van der Waals surface area contributed by atoms with E-state index in [9.17, 15) is 5.11 Å². The number of nitrogens with one attached hydrogen (secondary N) is 1. The molecule has 1 aromatic heterocycles. The van der Waals surface area contributed by atoms with Crippen LogP contribution in [0.1, 0.15) is 16.1 Å². The summed E-state index contributed by atoms with van der Waals surface area (Å²) in [6, 6.07) is 5.04. The van der Waals surface area contributed by atoms with Crippen LogP contribution in [0.4, 0.5) is 10.8 Å². The van der Waals surface area contributed by atoms with Crippen molar-refractivity contribution in [2.24, 2.45) is 0 Å². The summed E-state index contributed by atoms with van der Waals surface area (Å²) in [6.07, 6.45) is 0. The van der Waals surface area contributed by atoms with Crippen molar-refractivity contribution in [2.45, 2.75) is 20.4 Å². The van der Waals surface area contributed by atoms with Crippen LogP contribution in [0, 0.1) is 13.8 Å². The Hall–Kier alpha value is -1.75. The molecule has 2 aromatic rings. The van der Waals surface area contributed by atoms with Crippen LogP contribution in [0.25, 0.3) is 0 Å². The van der Waals surface area contributed by atoms with Gasteiger partial charge in [0.1, 0.15) is 5.75 Å². The van der Waals surface area contributed by atoms with Crippen molar-refractivity contribution in [3.8, 4) is 5.75 Å². The molecular weight excluding hydrogens is 234 g/mol. The highest BCUT2D eigenvalue weighted by Gasteiger charge is 2.05. The molecule has 0 saturated heterocycles. The summed E-state index contributed by atoms with van der Waals surface area (Å²) < 4.78 is 0. The average molecular weight is 249 g/mol. The van der Waals surface area contributed by atoms with E-state index in [0.29, 0.717) is 12.2 Å². The molecule has 0 saturated carbocycles. The van der Waals surface area contributed by atoms with E-state index >= 15 is 0 Å². The maximum Gasteiger partial charge on any atom is 0.183 e. The van der Waals surface area contributed by atoms with Crippen molar-refractivity contribution in [1.29, 1.82) is 0 Å². The van der Waals surface area contributed by atoms with Crippen molar-refractivity contribution in [2.75, 3.05) is 11.1 Å². The Morgan fingerprint density at radius 3 is 2.82 bits per heavy atom. The Morgan fingerprint density at radius 1 is 1.41 bits per heavy atom. The van der Waals surface area contributed by atoms with Gasteiger partial charge in [-0.25, -0.2) is 4.98 Å². The lowest BCUT2D eigenvalue weighted by atomic mass is 10.2. The van der Waals surface area contributed by atoms with Crippen LogP contribution < -0.4 is 11.1 Å². The fourth-order valence-corrected chi connectivity index (χ4v) is 2.28. The standard InChI is InChI=1S/C12H15N3OS/c1-7-8(2)17-12(15-7)14-6-9-5-10(13)3-4-11(9)16/h3-5,16H,6,13H2,1-2H3,(H,14,15). The van der Waals surface area contributed by atoms with Gasteiger partial charge in [-0.3, -0.25) is 0 Å². The summed E-state index contributed by atoms with van der Waals surface area (Å²) in [4.78, 5) is 5.57. The third kappa shape index (κ3) is 2.68. The second kappa shape index (κ2) is 4.63. The van der Waals surface area contributed by atoms with E-state index in [-0.39, 0.29) is 5.75 Å². The Kier molecular flexibility index (Phi) is 3.19. The molecule has 0 atom stereocenters. The maximum atomic E-state index is 9.66. The first kappa shape index (κ1) is 11.7. The molecule has 0 aliphatic carbocycles. The number of rotatable bonds is 3. The molecule has 0 fully saturated rings. The van der Waals surface area contributed by atoms with E-state index < -0.39 is 0 Å². The molecule has 0 spiro atoms. The minimum atomic E-state index is 0.247. The van der Waals surface area contributed by atoms with Gasteiger partial charge in [0.25, 0.3) is 0 Å². The molecule has 0 bridgehead atoms. The minimum Gasteiger partial charge on any atom is -0.508 e. The van der Waals surface area contributed by atoms with E-state index in [4.69, 9.17) is 5.73 Å². The molecule has 1 heterocycles. The summed E-state index contributed by atoms with van der Waals surface area (Å²) in [5.74, 6) is 0.247. The molecule has 4 nitrogen and oxygen atoms in total. The van der Waals surface area contributed by atoms with Crippen LogP contribution in [-0.2, 0) is 6.54 Å². The highest BCUT2D eigenvalue weighted by molar-refractivity contribution is 7.15. The van der Waals surface area contributed by atoms with E-state index in [1.54, 1.807) is 29.5 Å². The van der Waals surface area contributed by atoms with Gasteiger partial charge in [-0.1, -0.05) is 0 Å². The molecule has 0 unspecified atom stereocenters. The summed E-state index contributed by atoms with van der Waals surface area (Å²) in [7, 11) is 0. The third-order valence-corrected chi connectivity index (χ3v) is 3.59. The highest BCUT2D eigenvalue weighted by atomic mass is 32.1. The van der Waals surface area contributed by atoms with Crippen molar-refractivity contribution in [3.63, 3.8) is 0 Å². The number of nitrogen functional groups attached to an aromatic ring is 1. The second-order valence-electron chi connectivity index (χ2n) is 3.90. The lowest BCUT2D eigenvalue weighted by Gasteiger charge is -2.06. The van der Waals surface area contributed by atoms with E-state index in [0.717, 1.165) is 16.4 Å². The normalized spacial score (nSPS) is 10.5. The number of anilines is 2. The number of thiazole rings is 1. The zero-order valence-corrected chi connectivity index (χ0v) is 10.6. The van der Waals surface area contributed by atoms with Crippen molar-refractivity contribution in [1.82, 2.24) is 4.98 Å². The van der Waals surface area contributed by atoms with Gasteiger partial charge in [-0.05, 0) is 32.0 Å². The number of benzene rings is 1. The second-order valence-corrected chi connectivity index (χ2v) is 5.11. The fourth-order valence-electron chi connectivity index (χ4n) is 1.47. The average Bonchev–Trinajstić information content (AvgIpc) is 2.60. The molecule has 0 aliphatic heterocycles. The van der Waals surface area contributed by atoms with Gasteiger partial charge in [-0.15, -0.1) is 11.3 Å². The monoisotopic (exact) mass is 249 g/mol. The van der Waals surface area contributed by atoms with Crippen LogP contribution in [0.5, 0.6) is 5.75 Å². The molecule has 90 valence electrons. The molecule has 0 amide bonds. The quantitative estimate of drug-likeness (QED) is 0.577. The van der Waals surface area contributed by atoms with Crippen molar-refractivity contribution in [3.05, 3.63) is 34.3 Å². The van der Waals surface area contributed by atoms with Gasteiger partial charge in [0.15, 0.2) is 5.13 Å². The topological polar surface area (TPSA) is 71.2 Å². The van der Waals surface area contributed by atoms with Crippen LogP contribution in [0.2, 0.25) is 0 Å². The van der Waals surface area contributed by atoms with Gasteiger partial charge >= 0.3 is 0 Å². The van der Waals surface area contributed by atoms with Gasteiger partial charge in [-0.2, -0.15) is 0 Å². The number of aromatic hydroxyl groups is 1. The van der Waals surface area contributed by atoms with Gasteiger partial charge in [0, 0.05) is 22.7 Å². The van der Waals surface area contributed by atoms with Gasteiger partial charge in [0.2, 0.25) is 0 Å². The fraction of sp³-hybridized carbons (Fsp3) is 0.250. The molecule has 4 N–H and O–H groups in total. The first-order valence-electron chi connectivity index (χ1n) is 5.31. The Labute approximate surface area is 104 Å². The largest absolute Gasteiger partial charge is 0.508 e. The zero-order chi connectivity index (χ0) is 12.4. The molecule has 1 aromatic carbocycles.